The van der Waals surface area contributed by atoms with E-state index in [2.05, 4.69) is 30.2 Å². The predicted octanol–water partition coefficient (Wildman–Crippen LogP) is 13.3. The summed E-state index contributed by atoms with van der Waals surface area (Å²) in [5, 5.41) is 21.0. The van der Waals surface area contributed by atoms with Crippen LogP contribution in [-0.4, -0.2) is 108 Å². The van der Waals surface area contributed by atoms with E-state index in [0.717, 1.165) is 38.8 Å². The lowest BCUT2D eigenvalue weighted by molar-refractivity contribution is 0.0198. The molecule has 12 aromatic rings. The van der Waals surface area contributed by atoms with Crippen LogP contribution in [0.25, 0.3) is 44.1 Å². The molecule has 4 N–H and O–H groups in total. The molecule has 93 heavy (non-hydrogen) atoms. The maximum atomic E-state index is 13.3. The minimum Gasteiger partial charge on any atom is -0.478 e. The van der Waals surface area contributed by atoms with Crippen molar-refractivity contribution >= 4 is 74.0 Å². The van der Waals surface area contributed by atoms with Crippen molar-refractivity contribution in [3.63, 3.8) is 0 Å². The summed E-state index contributed by atoms with van der Waals surface area (Å²) in [5.41, 5.74) is 9.35. The van der Waals surface area contributed by atoms with Crippen molar-refractivity contribution in [1.29, 1.82) is 0 Å². The van der Waals surface area contributed by atoms with Gasteiger partial charge >= 0.3 is 24.0 Å². The Morgan fingerprint density at radius 1 is 0.516 bits per heavy atom. The lowest BCUT2D eigenvalue weighted by atomic mass is 10.0. The summed E-state index contributed by atoms with van der Waals surface area (Å²) in [6.07, 6.45) is 13.9. The van der Waals surface area contributed by atoms with Gasteiger partial charge in [-0.15, -0.1) is 0 Å². The first-order valence-electron chi connectivity index (χ1n) is 29.4. The average molecular weight is 1260 g/mol. The Balaban J connectivity index is 0.000000143. The van der Waals surface area contributed by atoms with Crippen molar-refractivity contribution in [1.82, 2.24) is 48.8 Å². The highest BCUT2D eigenvalue weighted by atomic mass is 19.1. The van der Waals surface area contributed by atoms with Gasteiger partial charge in [-0.3, -0.25) is 24.7 Å². The molecule has 9 heterocycles. The standard InChI is InChI=1S/C25H29FN4O3.C22H16F2N2O2.C15H11FN2O2.C8H6N2O2/c1-25(2,3)33-24(32)29-13-10-19(11-14-29)28-23(31)20-16-30(21-5-4-12-27-22(20)21)15-17-6-8-18(26)9-7-17;23-17-7-3-15(4-8-17)12-26-13-19(21-20(26)2-1-11-25-21)22(27)28-14-16-5-9-18(24)10-6-16;16-11-5-3-10(4-6-11)8-18-9-12(15(19)20)14-13(18)2-1-7-17-14;11-8(12)5-4-10-6-2-1-3-9-7(5)6/h4-9,12,16,19H,10-11,13-15H2,1-3H3,(H,28,31);1-11,13H,12,14H2;1-7,9H,8H2,(H,19,20);1-4,10H,(H,11,12). The van der Waals surface area contributed by atoms with Crippen LogP contribution >= 0.6 is 0 Å². The monoisotopic (exact) mass is 1260 g/mol. The highest BCUT2D eigenvalue weighted by molar-refractivity contribution is 6.06. The number of nitrogens with one attached hydrogen (secondary N) is 2. The van der Waals surface area contributed by atoms with Crippen molar-refractivity contribution in [2.45, 2.75) is 71.5 Å². The second kappa shape index (κ2) is 29.0. The second-order valence-electron chi connectivity index (χ2n) is 22.6. The van der Waals surface area contributed by atoms with Crippen molar-refractivity contribution < 1.29 is 61.2 Å². The molecule has 0 radical (unpaired) electrons. The number of hydrogen-bond acceptors (Lipinski definition) is 11. The van der Waals surface area contributed by atoms with Crippen LogP contribution in [0.1, 0.15) is 97.3 Å². The Kier molecular flexibility index (Phi) is 20.1. The number of aromatic nitrogens is 8. The highest BCUT2D eigenvalue weighted by Crippen LogP contribution is 2.26. The number of aromatic amines is 1. The van der Waals surface area contributed by atoms with Crippen molar-refractivity contribution in [2.75, 3.05) is 13.1 Å². The highest BCUT2D eigenvalue weighted by Gasteiger charge is 2.29. The third-order valence-electron chi connectivity index (χ3n) is 14.8. The van der Waals surface area contributed by atoms with Crippen LogP contribution in [0.2, 0.25) is 0 Å². The molecular formula is C70H62F4N10O9. The smallest absolute Gasteiger partial charge is 0.410 e. The maximum Gasteiger partial charge on any atom is 0.410 e. The van der Waals surface area contributed by atoms with E-state index < -0.39 is 23.5 Å². The molecule has 0 atom stereocenters. The SMILES string of the molecule is CC(C)(C)OC(=O)N1CCC(NC(=O)c2cn(Cc3ccc(F)cc3)c3cccnc23)CC1.O=C(O)c1c[nH]c2cccnc12.O=C(O)c1cn(Cc2ccc(F)cc2)c2cccnc12.O=C(OCc1ccc(F)cc1)c1cn(Cc2ccc(F)cc2)c2cccnc12. The number of benzene rings is 4. The fourth-order valence-corrected chi connectivity index (χ4v) is 10.3. The zero-order valence-corrected chi connectivity index (χ0v) is 50.6. The summed E-state index contributed by atoms with van der Waals surface area (Å²) in [7, 11) is 0. The number of fused-ring (bicyclic) bond motifs is 4. The molecule has 474 valence electrons. The Morgan fingerprint density at radius 2 is 0.903 bits per heavy atom. The zero-order valence-electron chi connectivity index (χ0n) is 50.6. The molecule has 1 fully saturated rings. The molecule has 0 spiro atoms. The quantitative estimate of drug-likeness (QED) is 0.0621. The molecule has 13 rings (SSSR count). The van der Waals surface area contributed by atoms with Gasteiger partial charge in [-0.05, 0) is 153 Å². The largest absolute Gasteiger partial charge is 0.478 e. The van der Waals surface area contributed by atoms with E-state index in [0.29, 0.717) is 84.3 Å². The van der Waals surface area contributed by atoms with Crippen LogP contribution in [0, 0.1) is 23.3 Å². The van der Waals surface area contributed by atoms with Gasteiger partial charge < -0.3 is 48.6 Å². The van der Waals surface area contributed by atoms with Gasteiger partial charge in [0.05, 0.1) is 27.6 Å². The number of rotatable bonds is 13. The van der Waals surface area contributed by atoms with Gasteiger partial charge in [0.1, 0.15) is 74.2 Å². The second-order valence-corrected chi connectivity index (χ2v) is 22.6. The summed E-state index contributed by atoms with van der Waals surface area (Å²) >= 11 is 0. The summed E-state index contributed by atoms with van der Waals surface area (Å²) in [5.74, 6) is -3.88. The number of halogens is 4. The number of pyridine rings is 4. The number of hydrogen-bond donors (Lipinski definition) is 4. The molecule has 23 heteroatoms. The minimum atomic E-state index is -1.01. The first kappa shape index (κ1) is 64.5. The minimum absolute atomic E-state index is 0.0320. The van der Waals surface area contributed by atoms with Crippen LogP contribution in [0.3, 0.4) is 0 Å². The lowest BCUT2D eigenvalue weighted by Gasteiger charge is -2.33. The van der Waals surface area contributed by atoms with Gasteiger partial charge in [0.15, 0.2) is 0 Å². The van der Waals surface area contributed by atoms with Crippen LogP contribution in [0.5, 0.6) is 0 Å². The number of nitrogens with zero attached hydrogens (tertiary/aromatic N) is 8. The number of carboxylic acid groups (broad SMARTS) is 2. The number of amides is 2. The number of aromatic carboxylic acids is 2. The Morgan fingerprint density at radius 3 is 1.34 bits per heavy atom. The first-order valence-corrected chi connectivity index (χ1v) is 29.4. The van der Waals surface area contributed by atoms with Crippen molar-refractivity contribution in [2.24, 2.45) is 0 Å². The van der Waals surface area contributed by atoms with E-state index in [1.165, 1.54) is 54.7 Å². The third-order valence-corrected chi connectivity index (χ3v) is 14.8. The fraction of sp³-hybridized carbons (Fsp3) is 0.186. The van der Waals surface area contributed by atoms with Crippen LogP contribution in [0.15, 0.2) is 195 Å². The zero-order chi connectivity index (χ0) is 65.8. The Bertz CT molecular complexity index is 4610. The third kappa shape index (κ3) is 16.5. The van der Waals surface area contributed by atoms with Crippen LogP contribution in [-0.2, 0) is 35.7 Å². The Labute approximate surface area is 529 Å². The van der Waals surface area contributed by atoms with Crippen LogP contribution in [0.4, 0.5) is 22.4 Å². The number of piperidine rings is 1. The number of carbonyl (C=O) groups excluding carboxylic acids is 3. The van der Waals surface area contributed by atoms with Crippen LogP contribution < -0.4 is 5.32 Å². The van der Waals surface area contributed by atoms with E-state index in [9.17, 15) is 46.6 Å². The molecule has 1 aliphatic heterocycles. The molecule has 8 aromatic heterocycles. The van der Waals surface area contributed by atoms with Gasteiger partial charge in [0.2, 0.25) is 0 Å². The summed E-state index contributed by atoms with van der Waals surface area (Å²) in [4.78, 5) is 81.2. The molecule has 19 nitrogen and oxygen atoms in total. The summed E-state index contributed by atoms with van der Waals surface area (Å²) < 4.78 is 68.7. The number of likely N-dealkylation sites (tertiary alicyclic amines) is 1. The molecule has 1 saturated heterocycles. The van der Waals surface area contributed by atoms with Gasteiger partial charge in [-0.2, -0.15) is 0 Å². The van der Waals surface area contributed by atoms with E-state index in [1.807, 2.05) is 54.2 Å². The molecule has 0 unspecified atom stereocenters. The molecule has 2 amide bonds. The van der Waals surface area contributed by atoms with Gasteiger partial charge in [0.25, 0.3) is 5.91 Å². The number of H-pyrrole nitrogens is 1. The number of esters is 1. The lowest BCUT2D eigenvalue weighted by Crippen LogP contribution is -2.47. The molecule has 4 aromatic carbocycles. The molecule has 0 aliphatic carbocycles. The predicted molar refractivity (Wildman–Crippen MR) is 340 cm³/mol. The maximum absolute atomic E-state index is 13.3. The van der Waals surface area contributed by atoms with Gasteiger partial charge in [-0.1, -0.05) is 48.5 Å². The number of ether oxygens (including phenoxy) is 2. The van der Waals surface area contributed by atoms with Crippen molar-refractivity contribution in [3.05, 3.63) is 263 Å². The molecular weight excluding hydrogens is 1200 g/mol. The van der Waals surface area contributed by atoms with Gasteiger partial charge in [-0.25, -0.2) is 36.7 Å². The molecule has 1 aliphatic rings. The number of carbonyl (C=O) groups is 5. The summed E-state index contributed by atoms with van der Waals surface area (Å²) in [6.45, 7) is 8.08. The van der Waals surface area contributed by atoms with E-state index >= 15 is 0 Å². The van der Waals surface area contributed by atoms with Gasteiger partial charge in [0, 0.05) is 88.3 Å². The van der Waals surface area contributed by atoms with E-state index in [4.69, 9.17) is 14.6 Å². The topological polar surface area (TPSA) is 242 Å². The molecule has 0 bridgehead atoms. The van der Waals surface area contributed by atoms with E-state index in [-0.39, 0.29) is 59.0 Å². The number of carboxylic acids is 2. The normalized spacial score (nSPS) is 12.3. The Hall–Kier alpha value is -11.5. The fourth-order valence-electron chi connectivity index (χ4n) is 10.3. The van der Waals surface area contributed by atoms with Crippen molar-refractivity contribution in [3.8, 4) is 0 Å². The first-order chi connectivity index (χ1) is 44.7. The molecule has 0 saturated carbocycles. The average Bonchev–Trinajstić information content (AvgIpc) is 1.68. The van der Waals surface area contributed by atoms with E-state index in [1.54, 1.807) is 126 Å². The summed E-state index contributed by atoms with van der Waals surface area (Å²) in [6, 6.07) is 38.9.